The van der Waals surface area contributed by atoms with Crippen LogP contribution in [-0.4, -0.2) is 34.5 Å². The fourth-order valence-corrected chi connectivity index (χ4v) is 4.95. The van der Waals surface area contributed by atoms with E-state index in [1.54, 1.807) is 53.4 Å². The summed E-state index contributed by atoms with van der Waals surface area (Å²) in [6, 6.07) is 23.3. The van der Waals surface area contributed by atoms with Crippen LogP contribution in [0.2, 0.25) is 0 Å². The summed E-state index contributed by atoms with van der Waals surface area (Å²) >= 11 is 1.27. The van der Waals surface area contributed by atoms with Crippen molar-refractivity contribution in [2.24, 2.45) is 0 Å². The molecule has 2 heterocycles. The number of hydrogen-bond donors (Lipinski definition) is 2. The first-order chi connectivity index (χ1) is 17.5. The summed E-state index contributed by atoms with van der Waals surface area (Å²) in [7, 11) is 0. The SMILES string of the molecule is Cc1ccccc1N1C[C@H](c2nnc(NC(=O)c3cccc(NC(=O)c4ccccc4)c3)s2)CC1=O. The Morgan fingerprint density at radius 1 is 0.889 bits per heavy atom. The average molecular weight is 498 g/mol. The molecular formula is C27H23N5O3S. The molecule has 3 amide bonds. The molecule has 4 aromatic rings. The molecule has 0 bridgehead atoms. The third-order valence-corrected chi connectivity index (χ3v) is 6.96. The Balaban J connectivity index is 1.24. The van der Waals surface area contributed by atoms with Crippen LogP contribution in [0.4, 0.5) is 16.5 Å². The van der Waals surface area contributed by atoms with Crippen LogP contribution >= 0.6 is 11.3 Å². The highest BCUT2D eigenvalue weighted by molar-refractivity contribution is 7.15. The first-order valence-corrected chi connectivity index (χ1v) is 12.3. The number of nitrogens with one attached hydrogen (secondary N) is 2. The number of hydrogen-bond acceptors (Lipinski definition) is 6. The summed E-state index contributed by atoms with van der Waals surface area (Å²) in [6.07, 6.45) is 0.347. The van der Waals surface area contributed by atoms with Gasteiger partial charge in [-0.3, -0.25) is 19.7 Å². The van der Waals surface area contributed by atoms with Crippen LogP contribution < -0.4 is 15.5 Å². The van der Waals surface area contributed by atoms with Gasteiger partial charge in [-0.2, -0.15) is 0 Å². The second-order valence-electron chi connectivity index (χ2n) is 8.49. The highest BCUT2D eigenvalue weighted by Gasteiger charge is 2.34. The Bertz CT molecular complexity index is 1440. The van der Waals surface area contributed by atoms with Crippen LogP contribution in [0.25, 0.3) is 0 Å². The van der Waals surface area contributed by atoms with Crippen LogP contribution in [0, 0.1) is 6.92 Å². The zero-order chi connectivity index (χ0) is 25.1. The molecule has 1 atom stereocenters. The molecule has 1 saturated heterocycles. The normalized spacial score (nSPS) is 15.1. The van der Waals surface area contributed by atoms with Gasteiger partial charge < -0.3 is 10.2 Å². The number of carbonyl (C=O) groups excluding carboxylic acids is 3. The monoisotopic (exact) mass is 497 g/mol. The maximum Gasteiger partial charge on any atom is 0.257 e. The van der Waals surface area contributed by atoms with Crippen LogP contribution in [0.15, 0.2) is 78.9 Å². The zero-order valence-corrected chi connectivity index (χ0v) is 20.3. The zero-order valence-electron chi connectivity index (χ0n) is 19.5. The summed E-state index contributed by atoms with van der Waals surface area (Å²) in [6.45, 7) is 2.51. The predicted octanol–water partition coefficient (Wildman–Crippen LogP) is 4.87. The smallest absolute Gasteiger partial charge is 0.257 e. The Hall–Kier alpha value is -4.37. The van der Waals surface area contributed by atoms with E-state index in [1.807, 2.05) is 37.3 Å². The molecule has 1 aromatic heterocycles. The lowest BCUT2D eigenvalue weighted by atomic mass is 10.1. The number of carbonyl (C=O) groups is 3. The van der Waals surface area contributed by atoms with E-state index in [9.17, 15) is 14.4 Å². The molecule has 2 N–H and O–H groups in total. The van der Waals surface area contributed by atoms with Crippen molar-refractivity contribution in [1.82, 2.24) is 10.2 Å². The molecule has 1 aliphatic heterocycles. The van der Waals surface area contributed by atoms with Crippen molar-refractivity contribution >= 4 is 45.6 Å². The maximum atomic E-state index is 12.8. The minimum Gasteiger partial charge on any atom is -0.322 e. The molecule has 5 rings (SSSR count). The van der Waals surface area contributed by atoms with Gasteiger partial charge in [-0.1, -0.05) is 53.8 Å². The van der Waals surface area contributed by atoms with E-state index in [2.05, 4.69) is 20.8 Å². The van der Waals surface area contributed by atoms with Crippen molar-refractivity contribution in [3.63, 3.8) is 0 Å². The van der Waals surface area contributed by atoms with Gasteiger partial charge in [0.1, 0.15) is 5.01 Å². The summed E-state index contributed by atoms with van der Waals surface area (Å²) in [5.74, 6) is -0.661. The maximum absolute atomic E-state index is 12.8. The number of para-hydroxylation sites is 1. The largest absolute Gasteiger partial charge is 0.322 e. The number of rotatable bonds is 6. The molecule has 0 radical (unpaired) electrons. The molecule has 1 fully saturated rings. The summed E-state index contributed by atoms with van der Waals surface area (Å²) < 4.78 is 0. The molecular weight excluding hydrogens is 474 g/mol. The number of benzene rings is 3. The number of anilines is 3. The van der Waals surface area contributed by atoms with Gasteiger partial charge in [-0.05, 0) is 48.9 Å². The average Bonchev–Trinajstić information content (AvgIpc) is 3.51. The van der Waals surface area contributed by atoms with Gasteiger partial charge in [0, 0.05) is 41.4 Å². The second-order valence-corrected chi connectivity index (χ2v) is 9.50. The molecule has 9 heteroatoms. The van der Waals surface area contributed by atoms with Crippen LogP contribution in [0.5, 0.6) is 0 Å². The van der Waals surface area contributed by atoms with E-state index < -0.39 is 0 Å². The van der Waals surface area contributed by atoms with E-state index in [0.29, 0.717) is 39.9 Å². The molecule has 0 spiro atoms. The van der Waals surface area contributed by atoms with Gasteiger partial charge in [-0.15, -0.1) is 10.2 Å². The Morgan fingerprint density at radius 2 is 1.61 bits per heavy atom. The Labute approximate surface area is 212 Å². The van der Waals surface area contributed by atoms with Crippen molar-refractivity contribution < 1.29 is 14.4 Å². The number of aromatic nitrogens is 2. The third-order valence-electron chi connectivity index (χ3n) is 5.96. The topological polar surface area (TPSA) is 104 Å². The van der Waals surface area contributed by atoms with Gasteiger partial charge in [0.2, 0.25) is 11.0 Å². The van der Waals surface area contributed by atoms with Crippen molar-refractivity contribution in [2.45, 2.75) is 19.3 Å². The quantitative estimate of drug-likeness (QED) is 0.395. The van der Waals surface area contributed by atoms with E-state index in [4.69, 9.17) is 0 Å². The van der Waals surface area contributed by atoms with Gasteiger partial charge in [-0.25, -0.2) is 0 Å². The first kappa shape index (κ1) is 23.4. The first-order valence-electron chi connectivity index (χ1n) is 11.4. The molecule has 36 heavy (non-hydrogen) atoms. The molecule has 180 valence electrons. The molecule has 8 nitrogen and oxygen atoms in total. The lowest BCUT2D eigenvalue weighted by molar-refractivity contribution is -0.117. The lowest BCUT2D eigenvalue weighted by Crippen LogP contribution is -2.25. The van der Waals surface area contributed by atoms with Gasteiger partial charge in [0.05, 0.1) is 0 Å². The lowest BCUT2D eigenvalue weighted by Gasteiger charge is -2.18. The van der Waals surface area contributed by atoms with Crippen LogP contribution in [0.3, 0.4) is 0 Å². The van der Waals surface area contributed by atoms with E-state index >= 15 is 0 Å². The third kappa shape index (κ3) is 5.01. The fourth-order valence-electron chi connectivity index (χ4n) is 4.12. The molecule has 0 saturated carbocycles. The highest BCUT2D eigenvalue weighted by atomic mass is 32.1. The summed E-state index contributed by atoms with van der Waals surface area (Å²) in [5.41, 5.74) is 3.36. The Morgan fingerprint density at radius 3 is 2.42 bits per heavy atom. The van der Waals surface area contributed by atoms with Gasteiger partial charge in [0.15, 0.2) is 0 Å². The molecule has 0 aliphatic carbocycles. The van der Waals surface area contributed by atoms with Gasteiger partial charge in [0.25, 0.3) is 11.8 Å². The van der Waals surface area contributed by atoms with E-state index in [1.165, 1.54) is 11.3 Å². The number of nitrogens with zero attached hydrogens (tertiary/aromatic N) is 3. The summed E-state index contributed by atoms with van der Waals surface area (Å²) in [4.78, 5) is 39.7. The van der Waals surface area contributed by atoms with E-state index in [-0.39, 0.29) is 23.6 Å². The van der Waals surface area contributed by atoms with Crippen molar-refractivity contribution in [2.75, 3.05) is 22.1 Å². The summed E-state index contributed by atoms with van der Waals surface area (Å²) in [5, 5.41) is 15.0. The highest BCUT2D eigenvalue weighted by Crippen LogP contribution is 2.35. The predicted molar refractivity (Wildman–Crippen MR) is 140 cm³/mol. The molecule has 3 aromatic carbocycles. The van der Waals surface area contributed by atoms with Crippen LogP contribution in [0.1, 0.15) is 43.6 Å². The number of amides is 3. The standard InChI is InChI=1S/C27H23N5O3S/c1-17-8-5-6-13-22(17)32-16-20(15-23(32)33)26-30-31-27(36-26)29-25(35)19-11-7-12-21(14-19)28-24(34)18-9-3-2-4-10-18/h2-14,20H,15-16H2,1H3,(H,28,34)(H,29,31,35)/t20-/m1/s1. The minimum absolute atomic E-state index is 0.0458. The Kier molecular flexibility index (Phi) is 6.55. The molecule has 0 unspecified atom stereocenters. The second kappa shape index (κ2) is 10.1. The molecule has 1 aliphatic rings. The van der Waals surface area contributed by atoms with E-state index in [0.717, 1.165) is 11.3 Å². The fraction of sp³-hybridized carbons (Fsp3) is 0.148. The van der Waals surface area contributed by atoms with Gasteiger partial charge >= 0.3 is 0 Å². The van der Waals surface area contributed by atoms with Crippen LogP contribution in [-0.2, 0) is 4.79 Å². The van der Waals surface area contributed by atoms with Crippen molar-refractivity contribution in [1.29, 1.82) is 0 Å². The minimum atomic E-state index is -0.363. The van der Waals surface area contributed by atoms with Crippen molar-refractivity contribution in [3.8, 4) is 0 Å². The number of aryl methyl sites for hydroxylation is 1. The van der Waals surface area contributed by atoms with Crippen molar-refractivity contribution in [3.05, 3.63) is 101 Å².